The average molecular weight is 314 g/mol. The highest BCUT2D eigenvalue weighted by atomic mass is 35.5. The lowest BCUT2D eigenvalue weighted by molar-refractivity contribution is 0.0696. The van der Waals surface area contributed by atoms with Crippen molar-refractivity contribution < 1.29 is 19.1 Å². The summed E-state index contributed by atoms with van der Waals surface area (Å²) in [5.41, 5.74) is 0.889. The van der Waals surface area contributed by atoms with Gasteiger partial charge in [-0.05, 0) is 18.6 Å². The van der Waals surface area contributed by atoms with Gasteiger partial charge in [-0.15, -0.1) is 0 Å². The molecule has 2 N–H and O–H groups in total. The van der Waals surface area contributed by atoms with Gasteiger partial charge in [0.05, 0.1) is 21.3 Å². The van der Waals surface area contributed by atoms with Crippen LogP contribution in [0.4, 0.5) is 5.69 Å². The summed E-state index contributed by atoms with van der Waals surface area (Å²) in [7, 11) is 0. The topological polar surface area (TPSA) is 79.5 Å². The van der Waals surface area contributed by atoms with E-state index in [9.17, 15) is 9.59 Å². The number of hydrogen-bond acceptors (Lipinski definition) is 3. The van der Waals surface area contributed by atoms with Crippen LogP contribution in [-0.2, 0) is 0 Å². The molecule has 0 spiro atoms. The molecule has 2 aromatic rings. The van der Waals surface area contributed by atoms with E-state index < -0.39 is 11.9 Å². The van der Waals surface area contributed by atoms with Gasteiger partial charge >= 0.3 is 5.97 Å². The Balaban J connectivity index is 2.28. The Morgan fingerprint density at radius 3 is 2.60 bits per heavy atom. The van der Waals surface area contributed by atoms with E-state index in [-0.39, 0.29) is 22.0 Å². The van der Waals surface area contributed by atoms with Crippen molar-refractivity contribution in [3.8, 4) is 0 Å². The van der Waals surface area contributed by atoms with Gasteiger partial charge in [0.15, 0.2) is 5.76 Å². The molecule has 0 saturated carbocycles. The third-order valence-electron chi connectivity index (χ3n) is 2.59. The molecule has 0 unspecified atom stereocenters. The molecule has 2 rings (SSSR count). The average Bonchev–Trinajstić information content (AvgIpc) is 2.89. The number of nitrogens with one attached hydrogen (secondary N) is 1. The summed E-state index contributed by atoms with van der Waals surface area (Å²) in [6.45, 7) is 1.77. The largest absolute Gasteiger partial charge is 0.478 e. The molecule has 0 radical (unpaired) electrons. The van der Waals surface area contributed by atoms with E-state index in [2.05, 4.69) is 5.32 Å². The molecule has 1 aromatic heterocycles. The molecular formula is C13H9Cl2NO4. The molecule has 0 atom stereocenters. The van der Waals surface area contributed by atoms with Crippen molar-refractivity contribution in [3.63, 3.8) is 0 Å². The maximum atomic E-state index is 12.0. The molecule has 20 heavy (non-hydrogen) atoms. The quantitative estimate of drug-likeness (QED) is 0.902. The van der Waals surface area contributed by atoms with Gasteiger partial charge in [-0.1, -0.05) is 29.3 Å². The number of carboxylic acids is 1. The van der Waals surface area contributed by atoms with E-state index in [0.29, 0.717) is 5.02 Å². The Morgan fingerprint density at radius 2 is 2.00 bits per heavy atom. The molecule has 0 aliphatic carbocycles. The molecule has 0 bridgehead atoms. The van der Waals surface area contributed by atoms with Crippen LogP contribution < -0.4 is 5.32 Å². The monoisotopic (exact) mass is 313 g/mol. The molecule has 7 heteroatoms. The first-order chi connectivity index (χ1) is 9.40. The Morgan fingerprint density at radius 1 is 1.30 bits per heavy atom. The number of halogens is 2. The van der Waals surface area contributed by atoms with Crippen molar-refractivity contribution in [2.45, 2.75) is 6.92 Å². The highest BCUT2D eigenvalue weighted by Crippen LogP contribution is 2.33. The zero-order valence-corrected chi connectivity index (χ0v) is 11.7. The minimum atomic E-state index is -1.18. The van der Waals surface area contributed by atoms with Crippen molar-refractivity contribution in [2.24, 2.45) is 0 Å². The van der Waals surface area contributed by atoms with Gasteiger partial charge in [-0.25, -0.2) is 4.79 Å². The molecule has 0 aliphatic rings. The molecule has 1 amide bonds. The zero-order chi connectivity index (χ0) is 14.9. The van der Waals surface area contributed by atoms with Crippen molar-refractivity contribution in [3.05, 3.63) is 51.4 Å². The number of aromatic carboxylic acids is 1. The van der Waals surface area contributed by atoms with E-state index in [1.165, 1.54) is 0 Å². The summed E-state index contributed by atoms with van der Waals surface area (Å²) in [5.74, 6) is -1.96. The van der Waals surface area contributed by atoms with Gasteiger partial charge in [0.1, 0.15) is 6.26 Å². The number of carbonyl (C=O) groups is 2. The fourth-order valence-corrected chi connectivity index (χ4v) is 1.98. The van der Waals surface area contributed by atoms with E-state index in [1.807, 2.05) is 0 Å². The van der Waals surface area contributed by atoms with E-state index >= 15 is 0 Å². The number of carbonyl (C=O) groups excluding carboxylic acids is 1. The summed E-state index contributed by atoms with van der Waals surface area (Å²) in [4.78, 5) is 22.7. The van der Waals surface area contributed by atoms with Crippen LogP contribution in [0.2, 0.25) is 10.0 Å². The lowest BCUT2D eigenvalue weighted by Gasteiger charge is -2.09. The van der Waals surface area contributed by atoms with Gasteiger partial charge in [-0.2, -0.15) is 0 Å². The third kappa shape index (κ3) is 2.79. The normalized spacial score (nSPS) is 10.3. The standard InChI is InChI=1S/C13H9Cl2NO4/c1-6-2-3-8(14)11(10(6)15)16-12(17)9-4-7(5-20-9)13(18)19/h2-5H,1H3,(H,16,17)(H,18,19). The number of hydrogen-bond donors (Lipinski definition) is 2. The molecule has 0 saturated heterocycles. The van der Waals surface area contributed by atoms with E-state index in [1.54, 1.807) is 19.1 Å². The second-order valence-electron chi connectivity index (χ2n) is 4.01. The van der Waals surface area contributed by atoms with Crippen LogP contribution in [0.3, 0.4) is 0 Å². The number of carboxylic acid groups (broad SMARTS) is 1. The number of aryl methyl sites for hydroxylation is 1. The maximum Gasteiger partial charge on any atom is 0.338 e. The van der Waals surface area contributed by atoms with E-state index in [4.69, 9.17) is 32.7 Å². The minimum Gasteiger partial charge on any atom is -0.478 e. The first-order valence-corrected chi connectivity index (χ1v) is 6.23. The molecule has 0 aliphatic heterocycles. The van der Waals surface area contributed by atoms with Crippen LogP contribution in [0, 0.1) is 6.92 Å². The predicted octanol–water partition coefficient (Wildman–Crippen LogP) is 3.85. The summed E-state index contributed by atoms with van der Waals surface area (Å²) < 4.78 is 4.89. The van der Waals surface area contributed by atoms with Gasteiger partial charge < -0.3 is 14.8 Å². The van der Waals surface area contributed by atoms with Crippen LogP contribution in [0.1, 0.15) is 26.5 Å². The number of furan rings is 1. The van der Waals surface area contributed by atoms with Gasteiger partial charge in [0.2, 0.25) is 0 Å². The first kappa shape index (κ1) is 14.4. The molecule has 1 aromatic carbocycles. The predicted molar refractivity (Wildman–Crippen MR) is 74.8 cm³/mol. The van der Waals surface area contributed by atoms with Gasteiger partial charge in [0, 0.05) is 6.07 Å². The first-order valence-electron chi connectivity index (χ1n) is 5.48. The number of amides is 1. The van der Waals surface area contributed by atoms with Crippen molar-refractivity contribution >= 4 is 40.8 Å². The molecule has 104 valence electrons. The second-order valence-corrected chi connectivity index (χ2v) is 4.80. The van der Waals surface area contributed by atoms with Crippen molar-refractivity contribution in [1.82, 2.24) is 0 Å². The summed E-state index contributed by atoms with van der Waals surface area (Å²) in [5, 5.41) is 11.9. The second kappa shape index (κ2) is 5.56. The SMILES string of the molecule is Cc1ccc(Cl)c(NC(=O)c2cc(C(=O)O)co2)c1Cl. The van der Waals surface area contributed by atoms with Crippen molar-refractivity contribution in [2.75, 3.05) is 5.32 Å². The molecule has 0 fully saturated rings. The van der Waals surface area contributed by atoms with Crippen LogP contribution >= 0.6 is 23.2 Å². The fraction of sp³-hybridized carbons (Fsp3) is 0.0769. The smallest absolute Gasteiger partial charge is 0.338 e. The Labute approximate surface area is 124 Å². The number of anilines is 1. The van der Waals surface area contributed by atoms with Crippen molar-refractivity contribution in [1.29, 1.82) is 0 Å². The van der Waals surface area contributed by atoms with Crippen LogP contribution in [0.5, 0.6) is 0 Å². The van der Waals surface area contributed by atoms with Gasteiger partial charge in [-0.3, -0.25) is 4.79 Å². The van der Waals surface area contributed by atoms with Crippen LogP contribution in [0.25, 0.3) is 0 Å². The maximum absolute atomic E-state index is 12.0. The van der Waals surface area contributed by atoms with Crippen LogP contribution in [0.15, 0.2) is 28.9 Å². The van der Waals surface area contributed by atoms with E-state index in [0.717, 1.165) is 17.9 Å². The number of benzene rings is 1. The fourth-order valence-electron chi connectivity index (χ4n) is 1.51. The lowest BCUT2D eigenvalue weighted by Crippen LogP contribution is -2.12. The summed E-state index contributed by atoms with van der Waals surface area (Å²) in [6.07, 6.45) is 0.983. The minimum absolute atomic E-state index is 0.114. The Hall–Kier alpha value is -1.98. The third-order valence-corrected chi connectivity index (χ3v) is 3.39. The highest BCUT2D eigenvalue weighted by Gasteiger charge is 2.17. The zero-order valence-electron chi connectivity index (χ0n) is 10.2. The number of rotatable bonds is 3. The molecule has 1 heterocycles. The van der Waals surface area contributed by atoms with Crippen LogP contribution in [-0.4, -0.2) is 17.0 Å². The highest BCUT2D eigenvalue weighted by molar-refractivity contribution is 6.40. The Kier molecular flexibility index (Phi) is 4.01. The summed E-state index contributed by atoms with van der Waals surface area (Å²) >= 11 is 12.0. The molecule has 5 nitrogen and oxygen atoms in total. The summed E-state index contributed by atoms with van der Waals surface area (Å²) in [6, 6.07) is 4.44. The lowest BCUT2D eigenvalue weighted by atomic mass is 10.2. The Bertz CT molecular complexity index is 694. The molecular weight excluding hydrogens is 305 g/mol. The van der Waals surface area contributed by atoms with Gasteiger partial charge in [0.25, 0.3) is 5.91 Å².